The van der Waals surface area contributed by atoms with Gasteiger partial charge in [0.15, 0.2) is 0 Å². The summed E-state index contributed by atoms with van der Waals surface area (Å²) >= 11 is 9.68. The second-order valence-electron chi connectivity index (χ2n) is 4.22. The van der Waals surface area contributed by atoms with Crippen LogP contribution in [0, 0.1) is 0 Å². The summed E-state index contributed by atoms with van der Waals surface area (Å²) in [6, 6.07) is 8.07. The van der Waals surface area contributed by atoms with Crippen molar-refractivity contribution >= 4 is 50.7 Å². The molecule has 0 unspecified atom stereocenters. The van der Waals surface area contributed by atoms with Crippen LogP contribution in [0.2, 0.25) is 5.02 Å². The Hall–Kier alpha value is -0.710. The Balaban J connectivity index is 2.12. The Kier molecular flexibility index (Phi) is 5.13. The van der Waals surface area contributed by atoms with Gasteiger partial charge in [0, 0.05) is 22.0 Å². The van der Waals surface area contributed by atoms with Crippen LogP contribution in [0.3, 0.4) is 0 Å². The summed E-state index contributed by atoms with van der Waals surface area (Å²) in [5, 5.41) is 1.86. The zero-order chi connectivity index (χ0) is 13.8. The standard InChI is InChI=1S/C14H16ClNOS2/c1-3-18-9-13(17)16(2)8-12-14(15)10-6-4-5-7-11(10)19-12/h4-7H,3,8-9H2,1-2H3. The molecular formula is C14H16ClNOS2. The van der Waals surface area contributed by atoms with Crippen LogP contribution in [0.15, 0.2) is 24.3 Å². The molecule has 0 aliphatic carbocycles. The zero-order valence-electron chi connectivity index (χ0n) is 11.0. The van der Waals surface area contributed by atoms with Crippen molar-refractivity contribution in [3.63, 3.8) is 0 Å². The number of thiophene rings is 1. The van der Waals surface area contributed by atoms with E-state index in [2.05, 4.69) is 13.0 Å². The number of nitrogens with zero attached hydrogens (tertiary/aromatic N) is 1. The molecule has 1 aromatic carbocycles. The maximum absolute atomic E-state index is 11.9. The quantitative estimate of drug-likeness (QED) is 0.821. The highest BCUT2D eigenvalue weighted by Crippen LogP contribution is 2.35. The van der Waals surface area contributed by atoms with Gasteiger partial charge < -0.3 is 4.90 Å². The Labute approximate surface area is 126 Å². The van der Waals surface area contributed by atoms with E-state index >= 15 is 0 Å². The molecule has 0 atom stereocenters. The lowest BCUT2D eigenvalue weighted by molar-refractivity contribution is -0.127. The number of rotatable bonds is 5. The monoisotopic (exact) mass is 313 g/mol. The third-order valence-corrected chi connectivity index (χ3v) is 5.40. The minimum Gasteiger partial charge on any atom is -0.340 e. The normalized spacial score (nSPS) is 10.9. The van der Waals surface area contributed by atoms with Gasteiger partial charge in [0.05, 0.1) is 17.3 Å². The van der Waals surface area contributed by atoms with E-state index in [0.29, 0.717) is 12.3 Å². The molecule has 2 rings (SSSR count). The molecule has 0 N–H and O–H groups in total. The fourth-order valence-electron chi connectivity index (χ4n) is 1.77. The molecule has 0 radical (unpaired) electrons. The second-order valence-corrected chi connectivity index (χ2v) is 7.01. The van der Waals surface area contributed by atoms with E-state index in [-0.39, 0.29) is 5.91 Å². The first-order valence-electron chi connectivity index (χ1n) is 6.11. The number of halogens is 1. The molecule has 2 aromatic rings. The van der Waals surface area contributed by atoms with Gasteiger partial charge in [-0.25, -0.2) is 0 Å². The van der Waals surface area contributed by atoms with Crippen molar-refractivity contribution in [2.75, 3.05) is 18.6 Å². The van der Waals surface area contributed by atoms with Crippen molar-refractivity contribution in [1.82, 2.24) is 4.90 Å². The van der Waals surface area contributed by atoms with Crippen LogP contribution in [0.4, 0.5) is 0 Å². The van der Waals surface area contributed by atoms with Crippen molar-refractivity contribution in [3.8, 4) is 0 Å². The van der Waals surface area contributed by atoms with Gasteiger partial charge in [0.1, 0.15) is 0 Å². The highest BCUT2D eigenvalue weighted by Gasteiger charge is 2.14. The Morgan fingerprint density at radius 3 is 2.84 bits per heavy atom. The molecule has 0 saturated heterocycles. The summed E-state index contributed by atoms with van der Waals surface area (Å²) < 4.78 is 1.17. The first kappa shape index (κ1) is 14.7. The molecule has 0 saturated carbocycles. The predicted molar refractivity (Wildman–Crippen MR) is 86.3 cm³/mol. The minimum atomic E-state index is 0.153. The van der Waals surface area contributed by atoms with Crippen molar-refractivity contribution in [2.24, 2.45) is 0 Å². The van der Waals surface area contributed by atoms with Crippen molar-refractivity contribution in [1.29, 1.82) is 0 Å². The van der Waals surface area contributed by atoms with Crippen LogP contribution in [0.1, 0.15) is 11.8 Å². The lowest BCUT2D eigenvalue weighted by Crippen LogP contribution is -2.27. The number of hydrogen-bond acceptors (Lipinski definition) is 3. The fourth-order valence-corrected chi connectivity index (χ4v) is 3.91. The largest absolute Gasteiger partial charge is 0.340 e. The molecule has 0 fully saturated rings. The molecule has 1 heterocycles. The van der Waals surface area contributed by atoms with E-state index in [4.69, 9.17) is 11.6 Å². The molecular weight excluding hydrogens is 298 g/mol. The Bertz CT molecular complexity index is 582. The lowest BCUT2D eigenvalue weighted by atomic mass is 10.2. The van der Waals surface area contributed by atoms with Crippen LogP contribution >= 0.6 is 34.7 Å². The van der Waals surface area contributed by atoms with Crippen LogP contribution in [0.5, 0.6) is 0 Å². The van der Waals surface area contributed by atoms with E-state index in [9.17, 15) is 4.79 Å². The third kappa shape index (κ3) is 3.44. The summed E-state index contributed by atoms with van der Waals surface area (Å²) in [4.78, 5) is 14.7. The van der Waals surface area contributed by atoms with Gasteiger partial charge in [-0.05, 0) is 11.8 Å². The maximum atomic E-state index is 11.9. The highest BCUT2D eigenvalue weighted by atomic mass is 35.5. The molecule has 2 nitrogen and oxygen atoms in total. The van der Waals surface area contributed by atoms with Gasteiger partial charge in [-0.15, -0.1) is 11.3 Å². The van der Waals surface area contributed by atoms with Gasteiger partial charge in [-0.1, -0.05) is 36.7 Å². The minimum absolute atomic E-state index is 0.153. The third-order valence-electron chi connectivity index (χ3n) is 2.84. The molecule has 1 aromatic heterocycles. The maximum Gasteiger partial charge on any atom is 0.232 e. The summed E-state index contributed by atoms with van der Waals surface area (Å²) in [5.74, 6) is 1.65. The summed E-state index contributed by atoms with van der Waals surface area (Å²) in [6.07, 6.45) is 0. The molecule has 0 aliphatic rings. The van der Waals surface area contributed by atoms with Crippen molar-refractivity contribution in [2.45, 2.75) is 13.5 Å². The molecule has 19 heavy (non-hydrogen) atoms. The number of hydrogen-bond donors (Lipinski definition) is 0. The number of amides is 1. The molecule has 102 valence electrons. The van der Waals surface area contributed by atoms with E-state index in [1.165, 1.54) is 4.70 Å². The van der Waals surface area contributed by atoms with Gasteiger partial charge in [-0.3, -0.25) is 4.79 Å². The molecule has 5 heteroatoms. The van der Waals surface area contributed by atoms with E-state index < -0.39 is 0 Å². The molecule has 0 spiro atoms. The van der Waals surface area contributed by atoms with Gasteiger partial charge >= 0.3 is 0 Å². The van der Waals surface area contributed by atoms with E-state index in [1.54, 1.807) is 28.0 Å². The SMILES string of the molecule is CCSCC(=O)N(C)Cc1sc2ccccc2c1Cl. The second kappa shape index (κ2) is 6.64. The number of benzene rings is 1. The van der Waals surface area contributed by atoms with Crippen LogP contribution in [0.25, 0.3) is 10.1 Å². The highest BCUT2D eigenvalue weighted by molar-refractivity contribution is 7.99. The number of thioether (sulfide) groups is 1. The summed E-state index contributed by atoms with van der Waals surface area (Å²) in [7, 11) is 1.83. The topological polar surface area (TPSA) is 20.3 Å². The first-order valence-corrected chi connectivity index (χ1v) is 8.46. The van der Waals surface area contributed by atoms with E-state index in [0.717, 1.165) is 21.0 Å². The first-order chi connectivity index (χ1) is 9.13. The lowest BCUT2D eigenvalue weighted by Gasteiger charge is -2.16. The van der Waals surface area contributed by atoms with Crippen molar-refractivity contribution in [3.05, 3.63) is 34.2 Å². The van der Waals surface area contributed by atoms with Crippen LogP contribution in [-0.2, 0) is 11.3 Å². The number of carbonyl (C=O) groups is 1. The van der Waals surface area contributed by atoms with Crippen LogP contribution < -0.4 is 0 Å². The van der Waals surface area contributed by atoms with Gasteiger partial charge in [-0.2, -0.15) is 11.8 Å². The number of fused-ring (bicyclic) bond motifs is 1. The average Bonchev–Trinajstić information content (AvgIpc) is 2.73. The Morgan fingerprint density at radius 2 is 2.16 bits per heavy atom. The van der Waals surface area contributed by atoms with Crippen LogP contribution in [-0.4, -0.2) is 29.4 Å². The van der Waals surface area contributed by atoms with Gasteiger partial charge in [0.2, 0.25) is 5.91 Å². The molecule has 0 bridgehead atoms. The molecule has 0 aliphatic heterocycles. The average molecular weight is 314 g/mol. The fraction of sp³-hybridized carbons (Fsp3) is 0.357. The Morgan fingerprint density at radius 1 is 1.42 bits per heavy atom. The van der Waals surface area contributed by atoms with Crippen molar-refractivity contribution < 1.29 is 4.79 Å². The van der Waals surface area contributed by atoms with Gasteiger partial charge in [0.25, 0.3) is 0 Å². The zero-order valence-corrected chi connectivity index (χ0v) is 13.4. The smallest absolute Gasteiger partial charge is 0.232 e. The molecule has 1 amide bonds. The predicted octanol–water partition coefficient (Wildman–Crippen LogP) is 4.27. The summed E-state index contributed by atoms with van der Waals surface area (Å²) in [5.41, 5.74) is 0. The summed E-state index contributed by atoms with van der Waals surface area (Å²) in [6.45, 7) is 2.64. The number of carbonyl (C=O) groups excluding carboxylic acids is 1. The van der Waals surface area contributed by atoms with E-state index in [1.807, 2.05) is 25.2 Å².